The normalized spacial score (nSPS) is 14.4. The molecule has 0 spiro atoms. The van der Waals surface area contributed by atoms with Gasteiger partial charge in [0.2, 0.25) is 5.91 Å². The highest BCUT2D eigenvalue weighted by Gasteiger charge is 2.24. The van der Waals surface area contributed by atoms with Gasteiger partial charge in [0.05, 0.1) is 17.9 Å². The number of amides is 1. The molecule has 0 aromatic carbocycles. The van der Waals surface area contributed by atoms with Crippen LogP contribution in [0.3, 0.4) is 0 Å². The number of rotatable bonds is 24. The molecule has 0 aliphatic rings. The van der Waals surface area contributed by atoms with Crippen molar-refractivity contribution in [3.8, 4) is 0 Å². The first kappa shape index (κ1) is 35.3. The van der Waals surface area contributed by atoms with Crippen molar-refractivity contribution >= 4 is 16.0 Å². The molecule has 0 aliphatic heterocycles. The highest BCUT2D eigenvalue weighted by molar-refractivity contribution is 7.85. The van der Waals surface area contributed by atoms with Crippen LogP contribution in [0, 0.1) is 0 Å². The molecule has 0 saturated heterocycles. The first-order valence-electron chi connectivity index (χ1n) is 14.3. The van der Waals surface area contributed by atoms with Crippen LogP contribution < -0.4 is 5.32 Å². The molecule has 1 amide bonds. The molecule has 2 unspecified atom stereocenters. The highest BCUT2D eigenvalue weighted by Crippen LogP contribution is 2.09. The average molecular weight is 540 g/mol. The highest BCUT2D eigenvalue weighted by atomic mass is 32.2. The van der Waals surface area contributed by atoms with Gasteiger partial charge >= 0.3 is 0 Å². The van der Waals surface area contributed by atoms with E-state index in [-0.39, 0.29) is 12.3 Å². The molecule has 0 aromatic heterocycles. The number of unbranched alkanes of at least 4 members (excludes halogenated alkanes) is 10. The van der Waals surface area contributed by atoms with Gasteiger partial charge in [-0.05, 0) is 57.8 Å². The third-order valence-electron chi connectivity index (χ3n) is 5.96. The molecule has 6 nitrogen and oxygen atoms in total. The van der Waals surface area contributed by atoms with Gasteiger partial charge in [-0.15, -0.1) is 0 Å². The van der Waals surface area contributed by atoms with E-state index in [9.17, 15) is 22.9 Å². The fourth-order valence-electron chi connectivity index (χ4n) is 3.79. The summed E-state index contributed by atoms with van der Waals surface area (Å²) in [5, 5.41) is 13.0. The van der Waals surface area contributed by atoms with Crippen LogP contribution in [0.4, 0.5) is 0 Å². The molecule has 0 aromatic rings. The van der Waals surface area contributed by atoms with Crippen LogP contribution in [0.1, 0.15) is 117 Å². The zero-order valence-electron chi connectivity index (χ0n) is 23.3. The molecule has 3 N–H and O–H groups in total. The summed E-state index contributed by atoms with van der Waals surface area (Å²) in [4.78, 5) is 12.3. The minimum absolute atomic E-state index is 0.269. The van der Waals surface area contributed by atoms with E-state index in [0.717, 1.165) is 57.8 Å². The monoisotopic (exact) mass is 539 g/mol. The number of aliphatic hydroxyl groups excluding tert-OH is 1. The van der Waals surface area contributed by atoms with Crippen molar-refractivity contribution in [2.45, 2.75) is 129 Å². The Morgan fingerprint density at radius 1 is 0.730 bits per heavy atom. The van der Waals surface area contributed by atoms with Gasteiger partial charge in [-0.3, -0.25) is 9.35 Å². The maximum absolute atomic E-state index is 12.3. The summed E-state index contributed by atoms with van der Waals surface area (Å²) in [5.74, 6) is -1.03. The lowest BCUT2D eigenvalue weighted by Crippen LogP contribution is -2.46. The molecule has 214 valence electrons. The van der Waals surface area contributed by atoms with Crippen molar-refractivity contribution in [3.63, 3.8) is 0 Å². The van der Waals surface area contributed by atoms with E-state index < -0.39 is 28.0 Å². The van der Waals surface area contributed by atoms with Gasteiger partial charge in [-0.1, -0.05) is 101 Å². The van der Waals surface area contributed by atoms with Crippen molar-refractivity contribution in [1.29, 1.82) is 0 Å². The van der Waals surface area contributed by atoms with Crippen LogP contribution in [-0.2, 0) is 14.9 Å². The first-order valence-corrected chi connectivity index (χ1v) is 15.9. The summed E-state index contributed by atoms with van der Waals surface area (Å²) < 4.78 is 32.0. The molecular weight excluding hydrogens is 486 g/mol. The molecule has 0 rings (SSSR count). The minimum Gasteiger partial charge on any atom is -0.387 e. The Labute approximate surface area is 227 Å². The Kier molecular flexibility index (Phi) is 23.5. The van der Waals surface area contributed by atoms with Crippen molar-refractivity contribution in [2.24, 2.45) is 0 Å². The third-order valence-corrected chi connectivity index (χ3v) is 6.74. The van der Waals surface area contributed by atoms with Crippen LogP contribution in [0.5, 0.6) is 0 Å². The van der Waals surface area contributed by atoms with E-state index in [4.69, 9.17) is 0 Å². The number of aliphatic hydroxyl groups is 1. The van der Waals surface area contributed by atoms with Gasteiger partial charge in [0.1, 0.15) is 0 Å². The lowest BCUT2D eigenvalue weighted by molar-refractivity contribution is -0.122. The maximum Gasteiger partial charge on any atom is 0.267 e. The third kappa shape index (κ3) is 25.7. The number of carbonyl (C=O) groups is 1. The zero-order chi connectivity index (χ0) is 27.6. The Balaban J connectivity index is 4.20. The van der Waals surface area contributed by atoms with Gasteiger partial charge in [-0.25, -0.2) is 0 Å². The summed E-state index contributed by atoms with van der Waals surface area (Å²) in [7, 11) is -4.34. The van der Waals surface area contributed by atoms with E-state index in [1.54, 1.807) is 6.08 Å². The van der Waals surface area contributed by atoms with Crippen LogP contribution in [0.2, 0.25) is 0 Å². The van der Waals surface area contributed by atoms with E-state index in [1.165, 1.54) is 31.8 Å². The molecule has 2 atom stereocenters. The van der Waals surface area contributed by atoms with Gasteiger partial charge in [-0.2, -0.15) is 8.42 Å². The topological polar surface area (TPSA) is 104 Å². The molecule has 0 heterocycles. The van der Waals surface area contributed by atoms with E-state index >= 15 is 0 Å². The zero-order valence-corrected chi connectivity index (χ0v) is 24.1. The fourth-order valence-corrected chi connectivity index (χ4v) is 4.53. The Hall–Kier alpha value is -1.70. The van der Waals surface area contributed by atoms with E-state index in [1.807, 2.05) is 0 Å². The van der Waals surface area contributed by atoms with Crippen molar-refractivity contribution in [2.75, 3.05) is 5.75 Å². The molecule has 7 heteroatoms. The minimum atomic E-state index is -4.34. The van der Waals surface area contributed by atoms with E-state index in [0.29, 0.717) is 12.8 Å². The Morgan fingerprint density at radius 3 is 1.97 bits per heavy atom. The van der Waals surface area contributed by atoms with Gasteiger partial charge in [0, 0.05) is 6.42 Å². The molecule has 37 heavy (non-hydrogen) atoms. The van der Waals surface area contributed by atoms with Crippen molar-refractivity contribution in [3.05, 3.63) is 48.6 Å². The lowest BCUT2D eigenvalue weighted by Gasteiger charge is -2.21. The van der Waals surface area contributed by atoms with Crippen LogP contribution in [0.15, 0.2) is 48.6 Å². The maximum atomic E-state index is 12.3. The van der Waals surface area contributed by atoms with E-state index in [2.05, 4.69) is 55.6 Å². The predicted octanol–water partition coefficient (Wildman–Crippen LogP) is 7.23. The van der Waals surface area contributed by atoms with Crippen LogP contribution in [-0.4, -0.2) is 41.9 Å². The van der Waals surface area contributed by atoms with Crippen molar-refractivity contribution in [1.82, 2.24) is 5.32 Å². The summed E-state index contributed by atoms with van der Waals surface area (Å²) in [6, 6.07) is -1.08. The summed E-state index contributed by atoms with van der Waals surface area (Å²) in [6.07, 6.45) is 31.0. The largest absolute Gasteiger partial charge is 0.387 e. The molecule has 0 aliphatic carbocycles. The predicted molar refractivity (Wildman–Crippen MR) is 156 cm³/mol. The standard InChI is InChI=1S/C30H53NO5S/c1-3-5-7-9-11-13-14-15-16-18-20-22-24-26-30(33)31-28(27-37(34,35)36)29(32)25-23-21-19-17-12-10-8-6-4-2/h7,9,12-14,17,23,25,28-29,32H,3-6,8,10-11,15-16,18-22,24,26-27H2,1-2H3,(H,31,33)(H,34,35,36)/b9-7-,14-13-,17-12+,25-23+. The Bertz CT molecular complexity index is 771. The molecule has 0 bridgehead atoms. The summed E-state index contributed by atoms with van der Waals surface area (Å²) >= 11 is 0. The lowest BCUT2D eigenvalue weighted by atomic mass is 10.1. The Morgan fingerprint density at radius 2 is 1.30 bits per heavy atom. The first-order chi connectivity index (χ1) is 17.8. The molecular formula is C30H53NO5S. The van der Waals surface area contributed by atoms with Crippen molar-refractivity contribution < 1.29 is 22.9 Å². The van der Waals surface area contributed by atoms with Crippen LogP contribution in [0.25, 0.3) is 0 Å². The second kappa shape index (κ2) is 24.6. The molecule has 0 radical (unpaired) electrons. The number of carbonyl (C=O) groups excluding carboxylic acids is 1. The van der Waals surface area contributed by atoms with Gasteiger partial charge in [0.15, 0.2) is 0 Å². The van der Waals surface area contributed by atoms with Gasteiger partial charge < -0.3 is 10.4 Å². The summed E-state index contributed by atoms with van der Waals surface area (Å²) in [5.41, 5.74) is 0. The number of allylic oxidation sites excluding steroid dienone is 7. The summed E-state index contributed by atoms with van der Waals surface area (Å²) in [6.45, 7) is 4.35. The number of hydrogen-bond donors (Lipinski definition) is 3. The molecule has 0 saturated carbocycles. The second-order valence-corrected chi connectivity index (χ2v) is 11.2. The van der Waals surface area contributed by atoms with Crippen LogP contribution >= 0.6 is 0 Å². The quantitative estimate of drug-likeness (QED) is 0.0682. The fraction of sp³-hybridized carbons (Fsp3) is 0.700. The number of hydrogen-bond acceptors (Lipinski definition) is 4. The second-order valence-electron chi connectivity index (χ2n) is 9.66. The molecule has 0 fully saturated rings. The smallest absolute Gasteiger partial charge is 0.267 e. The SMILES string of the molecule is CCC/C=C\C/C=C\CCCCCCCC(=O)NC(CS(=O)(=O)O)C(O)/C=C/CC/C=C/CCCCC. The average Bonchev–Trinajstić information content (AvgIpc) is 2.84. The number of nitrogens with one attached hydrogen (secondary N) is 1. The van der Waals surface area contributed by atoms with Gasteiger partial charge in [0.25, 0.3) is 10.1 Å².